The van der Waals surface area contributed by atoms with Crippen molar-refractivity contribution in [1.29, 1.82) is 0 Å². The Labute approximate surface area is 252 Å². The van der Waals surface area contributed by atoms with Gasteiger partial charge in [-0.15, -0.1) is 0 Å². The highest BCUT2D eigenvalue weighted by Crippen LogP contribution is 2.55. The molecule has 6 aromatic rings. The first-order chi connectivity index (χ1) is 21.2. The molecule has 1 aliphatic rings. The van der Waals surface area contributed by atoms with E-state index in [1.165, 1.54) is 20.8 Å². The van der Waals surface area contributed by atoms with Crippen LogP contribution in [-0.4, -0.2) is 8.07 Å². The van der Waals surface area contributed by atoms with Gasteiger partial charge in [-0.25, -0.2) is 8.78 Å². The Morgan fingerprint density at radius 1 is 0.302 bits per heavy atom. The summed E-state index contributed by atoms with van der Waals surface area (Å²) in [6.07, 6.45) is 0. The van der Waals surface area contributed by atoms with Gasteiger partial charge in [0, 0.05) is 0 Å². The number of allylic oxidation sites excluding steroid dienone is 2. The van der Waals surface area contributed by atoms with Crippen LogP contribution < -0.4 is 10.4 Å². The van der Waals surface area contributed by atoms with Crippen molar-refractivity contribution in [2.75, 3.05) is 0 Å². The summed E-state index contributed by atoms with van der Waals surface area (Å²) in [7, 11) is -3.14. The van der Waals surface area contributed by atoms with Gasteiger partial charge in [0.25, 0.3) is 0 Å². The molecule has 7 rings (SSSR count). The molecular formula is C40H28F2Si. The molecule has 43 heavy (non-hydrogen) atoms. The van der Waals surface area contributed by atoms with E-state index >= 15 is 0 Å². The molecule has 0 atom stereocenters. The summed E-state index contributed by atoms with van der Waals surface area (Å²) in [6.45, 7) is 0. The molecule has 0 bridgehead atoms. The third kappa shape index (κ3) is 4.59. The average Bonchev–Trinajstić information content (AvgIpc) is 3.40. The van der Waals surface area contributed by atoms with Gasteiger partial charge in [-0.3, -0.25) is 0 Å². The van der Waals surface area contributed by atoms with Gasteiger partial charge in [0.15, 0.2) is 8.07 Å². The van der Waals surface area contributed by atoms with Gasteiger partial charge < -0.3 is 0 Å². The van der Waals surface area contributed by atoms with Gasteiger partial charge >= 0.3 is 0 Å². The maximum absolute atomic E-state index is 14.5. The molecule has 0 aliphatic carbocycles. The molecule has 0 aromatic heterocycles. The van der Waals surface area contributed by atoms with Gasteiger partial charge in [0.1, 0.15) is 11.6 Å². The third-order valence-corrected chi connectivity index (χ3v) is 13.3. The monoisotopic (exact) mass is 574 g/mol. The quantitative estimate of drug-likeness (QED) is 0.174. The fourth-order valence-corrected chi connectivity index (χ4v) is 12.2. The van der Waals surface area contributed by atoms with Crippen molar-refractivity contribution in [3.8, 4) is 0 Å². The predicted molar refractivity (Wildman–Crippen MR) is 177 cm³/mol. The zero-order valence-corrected chi connectivity index (χ0v) is 24.4. The van der Waals surface area contributed by atoms with Crippen LogP contribution in [0, 0.1) is 11.6 Å². The van der Waals surface area contributed by atoms with Crippen LogP contribution in [0.5, 0.6) is 0 Å². The van der Waals surface area contributed by atoms with Crippen molar-refractivity contribution < 1.29 is 8.78 Å². The van der Waals surface area contributed by atoms with E-state index in [1.54, 1.807) is 24.3 Å². The summed E-state index contributed by atoms with van der Waals surface area (Å²) < 4.78 is 29.0. The number of hydrogen-bond donors (Lipinski definition) is 0. The maximum atomic E-state index is 14.5. The van der Waals surface area contributed by atoms with Gasteiger partial charge in [-0.2, -0.15) is 0 Å². The molecule has 6 aromatic carbocycles. The lowest BCUT2D eigenvalue weighted by Crippen LogP contribution is -2.59. The van der Waals surface area contributed by atoms with Crippen LogP contribution in [0.2, 0.25) is 0 Å². The zero-order chi connectivity index (χ0) is 29.2. The number of halogens is 2. The first-order valence-electron chi connectivity index (χ1n) is 14.4. The summed E-state index contributed by atoms with van der Waals surface area (Å²) in [5.41, 5.74) is 6.37. The first-order valence-corrected chi connectivity index (χ1v) is 16.4. The number of benzene rings is 6. The number of rotatable bonds is 6. The smallest absolute Gasteiger partial charge is 0.182 e. The van der Waals surface area contributed by atoms with E-state index in [-0.39, 0.29) is 11.6 Å². The van der Waals surface area contributed by atoms with Crippen LogP contribution in [0.1, 0.15) is 22.3 Å². The Hall–Kier alpha value is -5.12. The molecule has 1 heterocycles. The highest BCUT2D eigenvalue weighted by Gasteiger charge is 2.53. The van der Waals surface area contributed by atoms with Crippen molar-refractivity contribution in [3.05, 3.63) is 204 Å². The summed E-state index contributed by atoms with van der Waals surface area (Å²) in [6, 6.07) is 56.2. The Balaban J connectivity index is 1.77. The van der Waals surface area contributed by atoms with Crippen LogP contribution in [0.15, 0.2) is 170 Å². The largest absolute Gasteiger partial charge is 0.207 e. The molecule has 0 saturated heterocycles. The SMILES string of the molecule is Fc1ccc(C2=C(c3ccccc3)C(c3ccccc3)=C(c3ccc(F)cc3)[Si]2(c2ccccc2)c2ccccc2)cc1. The molecule has 0 spiro atoms. The van der Waals surface area contributed by atoms with Gasteiger partial charge in [0.2, 0.25) is 0 Å². The minimum Gasteiger partial charge on any atom is -0.207 e. The molecule has 0 radical (unpaired) electrons. The highest BCUT2D eigenvalue weighted by atomic mass is 28.3. The second kappa shape index (κ2) is 11.3. The van der Waals surface area contributed by atoms with E-state index in [9.17, 15) is 8.78 Å². The Bertz CT molecular complexity index is 1780. The van der Waals surface area contributed by atoms with Crippen molar-refractivity contribution in [3.63, 3.8) is 0 Å². The topological polar surface area (TPSA) is 0 Å². The lowest BCUT2D eigenvalue weighted by molar-refractivity contribution is 0.627. The summed E-state index contributed by atoms with van der Waals surface area (Å²) in [4.78, 5) is 0. The van der Waals surface area contributed by atoms with E-state index in [2.05, 4.69) is 97.1 Å². The lowest BCUT2D eigenvalue weighted by Gasteiger charge is -2.36. The van der Waals surface area contributed by atoms with Crippen LogP contribution in [-0.2, 0) is 0 Å². The molecule has 0 amide bonds. The summed E-state index contributed by atoms with van der Waals surface area (Å²) in [5, 5.41) is 4.79. The van der Waals surface area contributed by atoms with Crippen LogP contribution in [0.25, 0.3) is 21.5 Å². The van der Waals surface area contributed by atoms with Gasteiger partial charge in [-0.1, -0.05) is 146 Å². The van der Waals surface area contributed by atoms with Gasteiger partial charge in [0.05, 0.1) is 0 Å². The molecule has 1 aliphatic heterocycles. The molecule has 0 N–H and O–H groups in total. The van der Waals surface area contributed by atoms with Crippen LogP contribution in [0.4, 0.5) is 8.78 Å². The normalized spacial score (nSPS) is 14.3. The van der Waals surface area contributed by atoms with Crippen molar-refractivity contribution >= 4 is 40.0 Å². The molecule has 0 saturated carbocycles. The number of hydrogen-bond acceptors (Lipinski definition) is 0. The van der Waals surface area contributed by atoms with Crippen molar-refractivity contribution in [2.45, 2.75) is 0 Å². The summed E-state index contributed by atoms with van der Waals surface area (Å²) in [5.74, 6) is -0.546. The molecule has 0 fully saturated rings. The van der Waals surface area contributed by atoms with E-state index in [1.807, 2.05) is 48.5 Å². The Morgan fingerprint density at radius 3 is 0.930 bits per heavy atom. The average molecular weight is 575 g/mol. The second-order valence-electron chi connectivity index (χ2n) is 10.7. The highest BCUT2D eigenvalue weighted by molar-refractivity contribution is 7.29. The van der Waals surface area contributed by atoms with Crippen LogP contribution in [0.3, 0.4) is 0 Å². The van der Waals surface area contributed by atoms with E-state index in [4.69, 9.17) is 0 Å². The fraction of sp³-hybridized carbons (Fsp3) is 0. The molecule has 3 heteroatoms. The van der Waals surface area contributed by atoms with E-state index in [0.717, 1.165) is 33.4 Å². The predicted octanol–water partition coefficient (Wildman–Crippen LogP) is 8.84. The Kier molecular flexibility index (Phi) is 7.02. The minimum absolute atomic E-state index is 0.273. The standard InChI is InChI=1S/C40H28F2Si/c41-33-25-21-31(22-26-33)39-37(29-13-5-1-6-14-29)38(30-15-7-2-8-16-30)40(32-23-27-34(42)28-24-32)43(39,35-17-9-3-10-18-35)36-19-11-4-12-20-36/h1-28H. The molecular weight excluding hydrogens is 547 g/mol. The fourth-order valence-electron chi connectivity index (χ4n) is 6.61. The first kappa shape index (κ1) is 26.8. The molecule has 206 valence electrons. The minimum atomic E-state index is -3.14. The van der Waals surface area contributed by atoms with Crippen molar-refractivity contribution in [1.82, 2.24) is 0 Å². The van der Waals surface area contributed by atoms with Crippen molar-refractivity contribution in [2.24, 2.45) is 0 Å². The van der Waals surface area contributed by atoms with Gasteiger partial charge in [-0.05, 0) is 78.4 Å². The molecule has 0 nitrogen and oxygen atoms in total. The van der Waals surface area contributed by atoms with E-state index < -0.39 is 8.07 Å². The Morgan fingerprint density at radius 2 is 0.605 bits per heavy atom. The zero-order valence-electron chi connectivity index (χ0n) is 23.4. The molecule has 0 unspecified atom stereocenters. The lowest BCUT2D eigenvalue weighted by atomic mass is 9.89. The second-order valence-corrected chi connectivity index (χ2v) is 14.4. The summed E-state index contributed by atoms with van der Waals surface area (Å²) >= 11 is 0. The van der Waals surface area contributed by atoms with E-state index in [0.29, 0.717) is 0 Å². The third-order valence-electron chi connectivity index (χ3n) is 8.30. The van der Waals surface area contributed by atoms with Crippen LogP contribution >= 0.6 is 0 Å². The maximum Gasteiger partial charge on any atom is 0.182 e.